The summed E-state index contributed by atoms with van der Waals surface area (Å²) in [6.45, 7) is 2.75. The highest BCUT2D eigenvalue weighted by molar-refractivity contribution is 6.39. The van der Waals surface area contributed by atoms with Crippen molar-refractivity contribution in [1.82, 2.24) is 5.32 Å². The second-order valence-corrected chi connectivity index (χ2v) is 9.18. The van der Waals surface area contributed by atoms with Crippen LogP contribution in [0.2, 0.25) is 10.0 Å². The number of hydrogen-bond donors (Lipinski definition) is 1. The van der Waals surface area contributed by atoms with E-state index in [2.05, 4.69) is 5.32 Å². The third-order valence-corrected chi connectivity index (χ3v) is 6.60. The summed E-state index contributed by atoms with van der Waals surface area (Å²) in [4.78, 5) is 12.9. The lowest BCUT2D eigenvalue weighted by Gasteiger charge is -2.25. The Kier molecular flexibility index (Phi) is 6.64. The highest BCUT2D eigenvalue weighted by Gasteiger charge is 2.33. The molecule has 1 amide bonds. The fraction of sp³-hybridized carbons (Fsp3) is 0.417. The van der Waals surface area contributed by atoms with Gasteiger partial charge in [0.2, 0.25) is 0 Å². The number of carbonyl (C=O) groups excluding carboxylic acids is 1. The van der Waals surface area contributed by atoms with Crippen molar-refractivity contribution in [3.8, 4) is 0 Å². The second-order valence-electron chi connectivity index (χ2n) is 8.31. The molecule has 158 valence electrons. The van der Waals surface area contributed by atoms with Gasteiger partial charge in [-0.3, -0.25) is 9.80 Å². The standard InChI is InChI=1S/C24H27Cl2N3O/c1-16-13-20(26)11-12-22(16)29-23(18-7-9-19(25)10-8-18)14-21(28-29)24(30)27-15-17-5-3-2-4-6-17/h7-13,17,23H,2-6,14-15H2,1H3,(H,27,30). The lowest BCUT2D eigenvalue weighted by molar-refractivity contribution is -0.115. The Morgan fingerprint density at radius 3 is 2.47 bits per heavy atom. The summed E-state index contributed by atoms with van der Waals surface area (Å²) in [5.41, 5.74) is 3.62. The highest BCUT2D eigenvalue weighted by Crippen LogP contribution is 2.38. The average molecular weight is 444 g/mol. The minimum absolute atomic E-state index is 0.0578. The number of amides is 1. The van der Waals surface area contributed by atoms with Crippen LogP contribution in [0.3, 0.4) is 0 Å². The summed E-state index contributed by atoms with van der Waals surface area (Å²) in [6, 6.07) is 13.5. The molecule has 1 unspecified atom stereocenters. The molecular weight excluding hydrogens is 417 g/mol. The molecule has 30 heavy (non-hydrogen) atoms. The first-order valence-corrected chi connectivity index (χ1v) is 11.4. The summed E-state index contributed by atoms with van der Waals surface area (Å²) >= 11 is 12.2. The molecule has 1 heterocycles. The van der Waals surface area contributed by atoms with E-state index in [4.69, 9.17) is 28.3 Å². The Balaban J connectivity index is 1.56. The molecule has 1 atom stereocenters. The molecule has 1 fully saturated rings. The molecule has 0 saturated heterocycles. The van der Waals surface area contributed by atoms with Gasteiger partial charge in [0.15, 0.2) is 0 Å². The van der Waals surface area contributed by atoms with Crippen molar-refractivity contribution in [3.05, 3.63) is 63.6 Å². The second kappa shape index (κ2) is 9.40. The van der Waals surface area contributed by atoms with Gasteiger partial charge in [-0.2, -0.15) is 5.10 Å². The Morgan fingerprint density at radius 2 is 1.77 bits per heavy atom. The minimum atomic E-state index is -0.0614. The van der Waals surface area contributed by atoms with Crippen LogP contribution in [0.4, 0.5) is 5.69 Å². The van der Waals surface area contributed by atoms with Crippen molar-refractivity contribution in [3.63, 3.8) is 0 Å². The fourth-order valence-electron chi connectivity index (χ4n) is 4.42. The number of nitrogens with zero attached hydrogens (tertiary/aromatic N) is 2. The third kappa shape index (κ3) is 4.81. The zero-order valence-corrected chi connectivity index (χ0v) is 18.7. The van der Waals surface area contributed by atoms with E-state index in [0.29, 0.717) is 28.1 Å². The van der Waals surface area contributed by atoms with E-state index in [1.165, 1.54) is 32.1 Å². The van der Waals surface area contributed by atoms with Crippen LogP contribution in [0.5, 0.6) is 0 Å². The predicted octanol–water partition coefficient (Wildman–Crippen LogP) is 6.31. The molecule has 4 rings (SSSR count). The minimum Gasteiger partial charge on any atom is -0.351 e. The summed E-state index contributed by atoms with van der Waals surface area (Å²) in [7, 11) is 0. The molecule has 1 aliphatic carbocycles. The lowest BCUT2D eigenvalue weighted by Crippen LogP contribution is -2.34. The Morgan fingerprint density at radius 1 is 1.07 bits per heavy atom. The number of hydrogen-bond acceptors (Lipinski definition) is 3. The lowest BCUT2D eigenvalue weighted by atomic mass is 9.89. The maximum absolute atomic E-state index is 12.9. The van der Waals surface area contributed by atoms with Crippen LogP contribution in [0.25, 0.3) is 0 Å². The fourth-order valence-corrected chi connectivity index (χ4v) is 4.77. The van der Waals surface area contributed by atoms with Crippen LogP contribution in [0, 0.1) is 12.8 Å². The van der Waals surface area contributed by atoms with E-state index in [9.17, 15) is 4.79 Å². The first-order chi connectivity index (χ1) is 14.5. The molecule has 2 aliphatic rings. The number of nitrogens with one attached hydrogen (secondary N) is 1. The summed E-state index contributed by atoms with van der Waals surface area (Å²) in [6.07, 6.45) is 6.82. The zero-order valence-electron chi connectivity index (χ0n) is 17.2. The van der Waals surface area contributed by atoms with Gasteiger partial charge in [0.25, 0.3) is 5.91 Å². The molecule has 0 aromatic heterocycles. The van der Waals surface area contributed by atoms with E-state index in [0.717, 1.165) is 23.4 Å². The van der Waals surface area contributed by atoms with Crippen molar-refractivity contribution < 1.29 is 4.79 Å². The molecule has 0 bridgehead atoms. The Hall–Kier alpha value is -2.04. The first-order valence-electron chi connectivity index (χ1n) is 10.7. The van der Waals surface area contributed by atoms with Gasteiger partial charge in [-0.05, 0) is 67.1 Å². The van der Waals surface area contributed by atoms with Gasteiger partial charge < -0.3 is 5.32 Å². The number of anilines is 1. The van der Waals surface area contributed by atoms with Gasteiger partial charge in [-0.25, -0.2) is 0 Å². The van der Waals surface area contributed by atoms with Crippen LogP contribution >= 0.6 is 23.2 Å². The van der Waals surface area contributed by atoms with Gasteiger partial charge >= 0.3 is 0 Å². The predicted molar refractivity (Wildman–Crippen MR) is 124 cm³/mol. The highest BCUT2D eigenvalue weighted by atomic mass is 35.5. The van der Waals surface area contributed by atoms with Crippen LogP contribution in [0.1, 0.15) is 55.7 Å². The number of hydrazone groups is 1. The molecule has 1 N–H and O–H groups in total. The van der Waals surface area contributed by atoms with Crippen LogP contribution in [-0.4, -0.2) is 18.2 Å². The van der Waals surface area contributed by atoms with Gasteiger partial charge in [-0.15, -0.1) is 0 Å². The Bertz CT molecular complexity index is 936. The van der Waals surface area contributed by atoms with Gasteiger partial charge in [-0.1, -0.05) is 54.6 Å². The quantitative estimate of drug-likeness (QED) is 0.588. The molecule has 0 radical (unpaired) electrons. The van der Waals surface area contributed by atoms with Crippen LogP contribution < -0.4 is 10.3 Å². The topological polar surface area (TPSA) is 44.7 Å². The zero-order chi connectivity index (χ0) is 21.1. The summed E-state index contributed by atoms with van der Waals surface area (Å²) in [5.74, 6) is 0.528. The Labute approximate surface area is 188 Å². The molecule has 2 aromatic carbocycles. The van der Waals surface area contributed by atoms with Gasteiger partial charge in [0.05, 0.1) is 11.7 Å². The van der Waals surface area contributed by atoms with E-state index in [-0.39, 0.29) is 11.9 Å². The number of carbonyl (C=O) groups is 1. The smallest absolute Gasteiger partial charge is 0.267 e. The van der Waals surface area contributed by atoms with E-state index in [1.54, 1.807) is 0 Å². The van der Waals surface area contributed by atoms with Crippen molar-refractivity contribution in [2.75, 3.05) is 11.6 Å². The van der Waals surface area contributed by atoms with Crippen molar-refractivity contribution in [2.24, 2.45) is 11.0 Å². The molecule has 0 spiro atoms. The normalized spacial score (nSPS) is 19.6. The van der Waals surface area contributed by atoms with Crippen LogP contribution in [-0.2, 0) is 4.79 Å². The maximum atomic E-state index is 12.9. The van der Waals surface area contributed by atoms with Crippen LogP contribution in [0.15, 0.2) is 47.6 Å². The molecule has 6 heteroatoms. The van der Waals surface area contributed by atoms with E-state index < -0.39 is 0 Å². The average Bonchev–Trinajstić information content (AvgIpc) is 3.18. The van der Waals surface area contributed by atoms with Gasteiger partial charge in [0, 0.05) is 23.0 Å². The van der Waals surface area contributed by atoms with E-state index in [1.807, 2.05) is 54.4 Å². The summed E-state index contributed by atoms with van der Waals surface area (Å²) in [5, 5.41) is 11.2. The molecule has 1 aliphatic heterocycles. The number of benzene rings is 2. The molecule has 2 aromatic rings. The van der Waals surface area contributed by atoms with Gasteiger partial charge in [0.1, 0.15) is 5.71 Å². The maximum Gasteiger partial charge on any atom is 0.267 e. The third-order valence-electron chi connectivity index (χ3n) is 6.11. The first kappa shape index (κ1) is 21.2. The molecule has 4 nitrogen and oxygen atoms in total. The van der Waals surface area contributed by atoms with Crippen molar-refractivity contribution >= 4 is 40.5 Å². The van der Waals surface area contributed by atoms with E-state index >= 15 is 0 Å². The summed E-state index contributed by atoms with van der Waals surface area (Å²) < 4.78 is 0. The number of halogens is 2. The number of rotatable bonds is 5. The van der Waals surface area contributed by atoms with Crippen molar-refractivity contribution in [1.29, 1.82) is 0 Å². The SMILES string of the molecule is Cc1cc(Cl)ccc1N1N=C(C(=O)NCC2CCCCC2)CC1c1ccc(Cl)cc1. The largest absolute Gasteiger partial charge is 0.351 e. The molecule has 1 saturated carbocycles. The monoisotopic (exact) mass is 443 g/mol. The van der Waals surface area contributed by atoms with Crippen molar-refractivity contribution in [2.45, 2.75) is 51.5 Å². The number of aryl methyl sites for hydroxylation is 1. The molecular formula is C24H27Cl2N3O.